The molecule has 0 heterocycles. The lowest BCUT2D eigenvalue weighted by Crippen LogP contribution is -2.40. The van der Waals surface area contributed by atoms with Gasteiger partial charge in [0.05, 0.1) is 11.7 Å². The summed E-state index contributed by atoms with van der Waals surface area (Å²) in [5, 5.41) is 10.7. The molecule has 1 aromatic carbocycles. The van der Waals surface area contributed by atoms with E-state index in [2.05, 4.69) is 0 Å². The van der Waals surface area contributed by atoms with Crippen LogP contribution in [0.2, 0.25) is 0 Å². The van der Waals surface area contributed by atoms with Gasteiger partial charge in [-0.2, -0.15) is 0 Å². The molecule has 1 unspecified atom stereocenters. The highest BCUT2D eigenvalue weighted by Crippen LogP contribution is 2.41. The molecule has 2 aliphatic carbocycles. The SMILES string of the molecule is COC1(C(O)c2ccc(OC3CC3)cc2)CCCCC1. The Kier molecular flexibility index (Phi) is 3.99. The normalized spacial score (nSPS) is 23.3. The summed E-state index contributed by atoms with van der Waals surface area (Å²) >= 11 is 0. The highest BCUT2D eigenvalue weighted by Gasteiger charge is 2.40. The van der Waals surface area contributed by atoms with E-state index in [-0.39, 0.29) is 0 Å². The molecule has 0 aliphatic heterocycles. The molecule has 1 aromatic rings. The molecule has 0 bridgehead atoms. The molecule has 0 saturated heterocycles. The maximum atomic E-state index is 10.7. The van der Waals surface area contributed by atoms with Crippen LogP contribution in [-0.2, 0) is 4.74 Å². The number of rotatable bonds is 5. The van der Waals surface area contributed by atoms with E-state index >= 15 is 0 Å². The van der Waals surface area contributed by atoms with Crippen molar-refractivity contribution < 1.29 is 14.6 Å². The first-order valence-electron chi connectivity index (χ1n) is 7.73. The van der Waals surface area contributed by atoms with Crippen LogP contribution in [0.1, 0.15) is 56.6 Å². The van der Waals surface area contributed by atoms with Crippen molar-refractivity contribution >= 4 is 0 Å². The van der Waals surface area contributed by atoms with Crippen LogP contribution in [0.3, 0.4) is 0 Å². The first kappa shape index (κ1) is 13.9. The third kappa shape index (κ3) is 2.84. The standard InChI is InChI=1S/C17H24O3/c1-19-17(11-3-2-4-12-17)16(18)13-5-7-14(8-6-13)20-15-9-10-15/h5-8,15-16,18H,2-4,9-12H2,1H3. The number of benzene rings is 1. The summed E-state index contributed by atoms with van der Waals surface area (Å²) in [6, 6.07) is 7.86. The Morgan fingerprint density at radius 3 is 2.30 bits per heavy atom. The van der Waals surface area contributed by atoms with E-state index in [9.17, 15) is 5.11 Å². The van der Waals surface area contributed by atoms with Crippen molar-refractivity contribution in [2.75, 3.05) is 7.11 Å². The Balaban J connectivity index is 1.72. The summed E-state index contributed by atoms with van der Waals surface area (Å²) in [5.41, 5.74) is 0.522. The molecule has 20 heavy (non-hydrogen) atoms. The minimum atomic E-state index is -0.553. The van der Waals surface area contributed by atoms with Crippen molar-refractivity contribution in [3.05, 3.63) is 29.8 Å². The second-order valence-electron chi connectivity index (χ2n) is 6.12. The van der Waals surface area contributed by atoms with Gasteiger partial charge in [0.15, 0.2) is 0 Å². The molecular weight excluding hydrogens is 252 g/mol. The molecular formula is C17H24O3. The lowest BCUT2D eigenvalue weighted by Gasteiger charge is -2.40. The Morgan fingerprint density at radius 1 is 1.10 bits per heavy atom. The summed E-state index contributed by atoms with van der Waals surface area (Å²) in [7, 11) is 1.72. The van der Waals surface area contributed by atoms with Gasteiger partial charge in [0.1, 0.15) is 11.9 Å². The van der Waals surface area contributed by atoms with Gasteiger partial charge in [0.25, 0.3) is 0 Å². The van der Waals surface area contributed by atoms with Crippen molar-refractivity contribution in [2.24, 2.45) is 0 Å². The van der Waals surface area contributed by atoms with Gasteiger partial charge in [-0.15, -0.1) is 0 Å². The zero-order chi connectivity index (χ0) is 14.0. The lowest BCUT2D eigenvalue weighted by atomic mass is 9.78. The van der Waals surface area contributed by atoms with Crippen molar-refractivity contribution in [3.8, 4) is 5.75 Å². The Hall–Kier alpha value is -1.06. The summed E-state index contributed by atoms with van der Waals surface area (Å²) < 4.78 is 11.5. The van der Waals surface area contributed by atoms with Gasteiger partial charge < -0.3 is 14.6 Å². The molecule has 1 atom stereocenters. The van der Waals surface area contributed by atoms with Crippen LogP contribution in [0, 0.1) is 0 Å². The number of aliphatic hydroxyl groups is 1. The minimum Gasteiger partial charge on any atom is -0.490 e. The third-order valence-electron chi connectivity index (χ3n) is 4.63. The summed E-state index contributed by atoms with van der Waals surface area (Å²) in [6.45, 7) is 0. The van der Waals surface area contributed by atoms with E-state index in [1.165, 1.54) is 6.42 Å². The van der Waals surface area contributed by atoms with Crippen LogP contribution in [0.5, 0.6) is 5.75 Å². The average molecular weight is 276 g/mol. The van der Waals surface area contributed by atoms with E-state index in [1.54, 1.807) is 7.11 Å². The van der Waals surface area contributed by atoms with Crippen molar-refractivity contribution in [2.45, 2.75) is 62.8 Å². The number of methoxy groups -OCH3 is 1. The fraction of sp³-hybridized carbons (Fsp3) is 0.647. The Labute approximate surface area is 120 Å². The van der Waals surface area contributed by atoms with Gasteiger partial charge in [-0.3, -0.25) is 0 Å². The fourth-order valence-corrected chi connectivity index (χ4v) is 3.15. The Bertz CT molecular complexity index is 430. The topological polar surface area (TPSA) is 38.7 Å². The van der Waals surface area contributed by atoms with E-state index in [0.29, 0.717) is 6.10 Å². The van der Waals surface area contributed by atoms with Crippen molar-refractivity contribution in [3.63, 3.8) is 0 Å². The van der Waals surface area contributed by atoms with E-state index in [0.717, 1.165) is 49.8 Å². The van der Waals surface area contributed by atoms with Crippen LogP contribution in [-0.4, -0.2) is 23.9 Å². The third-order valence-corrected chi connectivity index (χ3v) is 4.63. The van der Waals surface area contributed by atoms with Gasteiger partial charge in [-0.1, -0.05) is 31.4 Å². The molecule has 110 valence electrons. The molecule has 1 N–H and O–H groups in total. The molecule has 3 rings (SSSR count). The quantitative estimate of drug-likeness (QED) is 0.893. The number of ether oxygens (including phenoxy) is 2. The van der Waals surface area contributed by atoms with E-state index in [4.69, 9.17) is 9.47 Å². The lowest BCUT2D eigenvalue weighted by molar-refractivity contribution is -0.125. The van der Waals surface area contributed by atoms with Gasteiger partial charge >= 0.3 is 0 Å². The average Bonchev–Trinajstić information content (AvgIpc) is 3.32. The number of hydrogen-bond donors (Lipinski definition) is 1. The monoisotopic (exact) mass is 276 g/mol. The largest absolute Gasteiger partial charge is 0.490 e. The first-order valence-corrected chi connectivity index (χ1v) is 7.73. The zero-order valence-electron chi connectivity index (χ0n) is 12.2. The molecule has 2 fully saturated rings. The van der Waals surface area contributed by atoms with Crippen LogP contribution < -0.4 is 4.74 Å². The van der Waals surface area contributed by atoms with Crippen molar-refractivity contribution in [1.82, 2.24) is 0 Å². The Morgan fingerprint density at radius 2 is 1.75 bits per heavy atom. The predicted octanol–water partition coefficient (Wildman–Crippen LogP) is 3.61. The molecule has 2 saturated carbocycles. The number of aliphatic hydroxyl groups excluding tert-OH is 1. The molecule has 0 aromatic heterocycles. The molecule has 0 amide bonds. The maximum Gasteiger partial charge on any atom is 0.119 e. The number of hydrogen-bond acceptors (Lipinski definition) is 3. The fourth-order valence-electron chi connectivity index (χ4n) is 3.15. The molecule has 3 nitrogen and oxygen atoms in total. The van der Waals surface area contributed by atoms with Gasteiger partial charge in [0.2, 0.25) is 0 Å². The van der Waals surface area contributed by atoms with E-state index in [1.807, 2.05) is 24.3 Å². The van der Waals surface area contributed by atoms with Gasteiger partial charge in [-0.25, -0.2) is 0 Å². The van der Waals surface area contributed by atoms with Crippen molar-refractivity contribution in [1.29, 1.82) is 0 Å². The summed E-state index contributed by atoms with van der Waals surface area (Å²) in [4.78, 5) is 0. The molecule has 0 radical (unpaired) electrons. The van der Waals surface area contributed by atoms with Crippen LogP contribution in [0.15, 0.2) is 24.3 Å². The minimum absolute atomic E-state index is 0.406. The smallest absolute Gasteiger partial charge is 0.119 e. The van der Waals surface area contributed by atoms with Gasteiger partial charge in [-0.05, 0) is 43.4 Å². The zero-order valence-corrected chi connectivity index (χ0v) is 12.2. The van der Waals surface area contributed by atoms with Crippen LogP contribution in [0.25, 0.3) is 0 Å². The molecule has 2 aliphatic rings. The van der Waals surface area contributed by atoms with Crippen LogP contribution in [0.4, 0.5) is 0 Å². The maximum absolute atomic E-state index is 10.7. The van der Waals surface area contributed by atoms with Gasteiger partial charge in [0, 0.05) is 7.11 Å². The molecule has 3 heteroatoms. The van der Waals surface area contributed by atoms with E-state index < -0.39 is 11.7 Å². The first-order chi connectivity index (χ1) is 9.73. The highest BCUT2D eigenvalue weighted by atomic mass is 16.5. The second-order valence-corrected chi connectivity index (χ2v) is 6.12. The summed E-state index contributed by atoms with van der Waals surface area (Å²) in [5.74, 6) is 0.901. The second kappa shape index (κ2) is 5.74. The highest BCUT2D eigenvalue weighted by molar-refractivity contribution is 5.30. The van der Waals surface area contributed by atoms with Crippen LogP contribution >= 0.6 is 0 Å². The molecule has 0 spiro atoms. The summed E-state index contributed by atoms with van der Waals surface area (Å²) in [6.07, 6.45) is 7.56. The predicted molar refractivity (Wildman–Crippen MR) is 77.9 cm³/mol.